The summed E-state index contributed by atoms with van der Waals surface area (Å²) >= 11 is 0. The molecule has 4 rings (SSSR count). The Morgan fingerprint density at radius 3 is 2.09 bits per heavy atom. The maximum absolute atomic E-state index is 3.57. The van der Waals surface area contributed by atoms with Crippen LogP contribution in [0.3, 0.4) is 0 Å². The Morgan fingerprint density at radius 2 is 1.27 bits per heavy atom. The molecule has 1 nitrogen and oxygen atoms in total. The lowest BCUT2D eigenvalue weighted by Gasteiger charge is -2.11. The molecule has 0 unspecified atom stereocenters. The molecule has 0 amide bonds. The molecule has 1 heteroatoms. The van der Waals surface area contributed by atoms with Gasteiger partial charge in [0.05, 0.1) is 0 Å². The maximum atomic E-state index is 3.57. The third kappa shape index (κ3) is 2.42. The number of nitrogens with one attached hydrogen (secondary N) is 1. The lowest BCUT2D eigenvalue weighted by molar-refractivity contribution is 1.15. The summed E-state index contributed by atoms with van der Waals surface area (Å²) in [5.41, 5.74) is 2.48. The van der Waals surface area contributed by atoms with Crippen LogP contribution >= 0.6 is 0 Å². The highest BCUT2D eigenvalue weighted by Crippen LogP contribution is 2.28. The number of benzene rings is 4. The van der Waals surface area contributed by atoms with E-state index in [9.17, 15) is 0 Å². The molecule has 0 fully saturated rings. The zero-order chi connectivity index (χ0) is 14.8. The Hall–Kier alpha value is -2.80. The largest absolute Gasteiger partial charge is 0.380 e. The highest BCUT2D eigenvalue weighted by atomic mass is 14.9. The van der Waals surface area contributed by atoms with Crippen molar-refractivity contribution < 1.29 is 0 Å². The lowest BCUT2D eigenvalue weighted by Crippen LogP contribution is -1.99. The SMILES string of the molecule is c1ccc(CNc2cccc3cc4ccccc4cc23)cc1. The second-order valence-corrected chi connectivity index (χ2v) is 5.57. The number of hydrogen-bond donors (Lipinski definition) is 1. The molecule has 4 aromatic rings. The fourth-order valence-corrected chi connectivity index (χ4v) is 2.91. The molecule has 0 radical (unpaired) electrons. The summed E-state index contributed by atoms with van der Waals surface area (Å²) in [6.07, 6.45) is 0. The van der Waals surface area contributed by atoms with E-state index < -0.39 is 0 Å². The van der Waals surface area contributed by atoms with E-state index in [2.05, 4.69) is 84.2 Å². The average Bonchev–Trinajstić information content (AvgIpc) is 2.59. The van der Waals surface area contributed by atoms with Crippen molar-refractivity contribution in [2.45, 2.75) is 6.54 Å². The Kier molecular flexibility index (Phi) is 3.24. The van der Waals surface area contributed by atoms with Crippen molar-refractivity contribution in [2.24, 2.45) is 0 Å². The first-order valence-corrected chi connectivity index (χ1v) is 7.59. The quantitative estimate of drug-likeness (QED) is 0.482. The van der Waals surface area contributed by atoms with Crippen molar-refractivity contribution in [2.75, 3.05) is 5.32 Å². The first kappa shape index (κ1) is 12.9. The normalized spacial score (nSPS) is 10.9. The molecule has 0 aromatic heterocycles. The first-order chi connectivity index (χ1) is 10.9. The number of rotatable bonds is 3. The first-order valence-electron chi connectivity index (χ1n) is 7.59. The number of fused-ring (bicyclic) bond motifs is 2. The molecular formula is C21H17N. The minimum atomic E-state index is 0.840. The highest BCUT2D eigenvalue weighted by molar-refractivity contribution is 6.03. The van der Waals surface area contributed by atoms with E-state index in [-0.39, 0.29) is 0 Å². The standard InChI is InChI=1S/C21H17N/c1-2-7-16(8-3-1)15-22-21-12-6-11-19-13-17-9-4-5-10-18(17)14-20(19)21/h1-14,22H,15H2. The zero-order valence-corrected chi connectivity index (χ0v) is 12.3. The van der Waals surface area contributed by atoms with Crippen LogP contribution in [0.2, 0.25) is 0 Å². The summed E-state index contributed by atoms with van der Waals surface area (Å²) in [6.45, 7) is 0.840. The third-order valence-corrected chi connectivity index (χ3v) is 4.07. The van der Waals surface area contributed by atoms with Gasteiger partial charge in [-0.25, -0.2) is 0 Å². The Labute approximate surface area is 130 Å². The van der Waals surface area contributed by atoms with E-state index in [0.29, 0.717) is 0 Å². The molecule has 0 bridgehead atoms. The Bertz CT molecular complexity index is 926. The molecule has 22 heavy (non-hydrogen) atoms. The molecule has 0 aliphatic carbocycles. The van der Waals surface area contributed by atoms with Crippen LogP contribution in [-0.2, 0) is 6.54 Å². The van der Waals surface area contributed by atoms with E-state index >= 15 is 0 Å². The smallest absolute Gasteiger partial charge is 0.0422 e. The lowest BCUT2D eigenvalue weighted by atomic mass is 10.0. The van der Waals surface area contributed by atoms with E-state index in [1.807, 2.05) is 6.07 Å². The van der Waals surface area contributed by atoms with Gasteiger partial charge in [0, 0.05) is 17.6 Å². The van der Waals surface area contributed by atoms with Gasteiger partial charge in [-0.15, -0.1) is 0 Å². The van der Waals surface area contributed by atoms with Gasteiger partial charge in [-0.1, -0.05) is 66.7 Å². The Morgan fingerprint density at radius 1 is 0.591 bits per heavy atom. The van der Waals surface area contributed by atoms with Gasteiger partial charge in [0.2, 0.25) is 0 Å². The fraction of sp³-hybridized carbons (Fsp3) is 0.0476. The van der Waals surface area contributed by atoms with Crippen molar-refractivity contribution in [1.29, 1.82) is 0 Å². The van der Waals surface area contributed by atoms with E-state index in [0.717, 1.165) is 6.54 Å². The van der Waals surface area contributed by atoms with Gasteiger partial charge in [0.15, 0.2) is 0 Å². The predicted octanol–water partition coefficient (Wildman–Crippen LogP) is 5.61. The van der Waals surface area contributed by atoms with Crippen LogP contribution in [0.4, 0.5) is 5.69 Å². The zero-order valence-electron chi connectivity index (χ0n) is 12.3. The molecular weight excluding hydrogens is 266 g/mol. The van der Waals surface area contributed by atoms with Crippen LogP contribution in [0.15, 0.2) is 84.9 Å². The molecule has 0 atom stereocenters. The summed E-state index contributed by atoms with van der Waals surface area (Å²) in [7, 11) is 0. The van der Waals surface area contributed by atoms with Crippen LogP contribution in [0.25, 0.3) is 21.5 Å². The van der Waals surface area contributed by atoms with Gasteiger partial charge >= 0.3 is 0 Å². The fourth-order valence-electron chi connectivity index (χ4n) is 2.91. The maximum Gasteiger partial charge on any atom is 0.0422 e. The highest BCUT2D eigenvalue weighted by Gasteiger charge is 2.03. The van der Waals surface area contributed by atoms with Crippen LogP contribution in [-0.4, -0.2) is 0 Å². The summed E-state index contributed by atoms with van der Waals surface area (Å²) < 4.78 is 0. The number of hydrogen-bond acceptors (Lipinski definition) is 1. The predicted molar refractivity (Wildman–Crippen MR) is 95.2 cm³/mol. The minimum Gasteiger partial charge on any atom is -0.380 e. The molecule has 0 spiro atoms. The summed E-state index contributed by atoms with van der Waals surface area (Å²) in [5.74, 6) is 0. The second kappa shape index (κ2) is 5.53. The van der Waals surface area contributed by atoms with Crippen LogP contribution in [0, 0.1) is 0 Å². The minimum absolute atomic E-state index is 0.840. The van der Waals surface area contributed by atoms with Crippen molar-refractivity contribution in [1.82, 2.24) is 0 Å². The monoisotopic (exact) mass is 283 g/mol. The molecule has 0 aliphatic rings. The van der Waals surface area contributed by atoms with Gasteiger partial charge in [0.25, 0.3) is 0 Å². The van der Waals surface area contributed by atoms with E-state index in [1.165, 1.54) is 32.8 Å². The Balaban J connectivity index is 1.75. The van der Waals surface area contributed by atoms with Gasteiger partial charge in [-0.2, -0.15) is 0 Å². The van der Waals surface area contributed by atoms with Crippen molar-refractivity contribution in [3.63, 3.8) is 0 Å². The molecule has 0 saturated heterocycles. The van der Waals surface area contributed by atoms with Crippen molar-refractivity contribution >= 4 is 27.2 Å². The second-order valence-electron chi connectivity index (χ2n) is 5.57. The van der Waals surface area contributed by atoms with Gasteiger partial charge < -0.3 is 5.32 Å². The van der Waals surface area contributed by atoms with Gasteiger partial charge in [-0.3, -0.25) is 0 Å². The van der Waals surface area contributed by atoms with Gasteiger partial charge in [0.1, 0.15) is 0 Å². The molecule has 4 aromatic carbocycles. The molecule has 0 heterocycles. The van der Waals surface area contributed by atoms with Crippen LogP contribution in [0.5, 0.6) is 0 Å². The molecule has 0 aliphatic heterocycles. The third-order valence-electron chi connectivity index (χ3n) is 4.07. The van der Waals surface area contributed by atoms with Crippen LogP contribution in [0.1, 0.15) is 5.56 Å². The summed E-state index contributed by atoms with van der Waals surface area (Å²) in [5, 5.41) is 8.69. The van der Waals surface area contributed by atoms with Crippen LogP contribution < -0.4 is 5.32 Å². The topological polar surface area (TPSA) is 12.0 Å². The summed E-state index contributed by atoms with van der Waals surface area (Å²) in [6, 6.07) is 30.0. The molecule has 1 N–H and O–H groups in total. The average molecular weight is 283 g/mol. The van der Waals surface area contributed by atoms with E-state index in [4.69, 9.17) is 0 Å². The number of anilines is 1. The van der Waals surface area contributed by atoms with Gasteiger partial charge in [-0.05, 0) is 39.9 Å². The van der Waals surface area contributed by atoms with E-state index in [1.54, 1.807) is 0 Å². The van der Waals surface area contributed by atoms with Crippen molar-refractivity contribution in [3.05, 3.63) is 90.5 Å². The molecule has 106 valence electrons. The van der Waals surface area contributed by atoms with Crippen molar-refractivity contribution in [3.8, 4) is 0 Å². The molecule has 0 saturated carbocycles. The summed E-state index contributed by atoms with van der Waals surface area (Å²) in [4.78, 5) is 0.